The Balaban J connectivity index is 2.34. The Morgan fingerprint density at radius 2 is 2.47 bits per heavy atom. The molecule has 0 atom stereocenters. The van der Waals surface area contributed by atoms with E-state index in [1.54, 1.807) is 6.92 Å². The SMILES string of the molecule is CC(=O)SCCC#Cc1csc(CO)c1. The van der Waals surface area contributed by atoms with Crippen molar-refractivity contribution in [2.75, 3.05) is 5.75 Å². The van der Waals surface area contributed by atoms with E-state index in [1.807, 2.05) is 11.4 Å². The molecular weight excluding hydrogens is 228 g/mol. The van der Waals surface area contributed by atoms with Crippen LogP contribution < -0.4 is 0 Å². The molecule has 0 aliphatic rings. The van der Waals surface area contributed by atoms with Gasteiger partial charge in [-0.05, 0) is 6.07 Å². The highest BCUT2D eigenvalue weighted by Gasteiger charge is 1.94. The number of aliphatic hydroxyl groups excluding tert-OH is 1. The number of thioether (sulfide) groups is 1. The molecule has 0 aliphatic carbocycles. The van der Waals surface area contributed by atoms with E-state index < -0.39 is 0 Å². The molecule has 0 saturated heterocycles. The summed E-state index contributed by atoms with van der Waals surface area (Å²) in [7, 11) is 0. The molecule has 0 unspecified atom stereocenters. The van der Waals surface area contributed by atoms with Crippen LogP contribution in [0.1, 0.15) is 23.8 Å². The first kappa shape index (κ1) is 12.3. The lowest BCUT2D eigenvalue weighted by atomic mass is 10.3. The fraction of sp³-hybridized carbons (Fsp3) is 0.364. The van der Waals surface area contributed by atoms with Crippen molar-refractivity contribution in [3.05, 3.63) is 21.9 Å². The number of hydrogen-bond acceptors (Lipinski definition) is 4. The van der Waals surface area contributed by atoms with Crippen LogP contribution >= 0.6 is 23.1 Å². The molecule has 0 bridgehead atoms. The molecule has 80 valence electrons. The van der Waals surface area contributed by atoms with Crippen molar-refractivity contribution in [1.82, 2.24) is 0 Å². The molecule has 0 radical (unpaired) electrons. The van der Waals surface area contributed by atoms with Crippen LogP contribution in [-0.2, 0) is 11.4 Å². The van der Waals surface area contributed by atoms with Gasteiger partial charge in [0.1, 0.15) is 0 Å². The quantitative estimate of drug-likeness (QED) is 0.650. The summed E-state index contributed by atoms with van der Waals surface area (Å²) < 4.78 is 0. The molecule has 0 spiro atoms. The van der Waals surface area contributed by atoms with E-state index >= 15 is 0 Å². The molecule has 0 aromatic carbocycles. The van der Waals surface area contributed by atoms with Crippen LogP contribution in [-0.4, -0.2) is 16.0 Å². The minimum Gasteiger partial charge on any atom is -0.391 e. The third-order valence-electron chi connectivity index (χ3n) is 1.57. The summed E-state index contributed by atoms with van der Waals surface area (Å²) in [6.07, 6.45) is 0.717. The molecule has 1 rings (SSSR count). The Labute approximate surface area is 97.7 Å². The number of rotatable bonds is 3. The van der Waals surface area contributed by atoms with Gasteiger partial charge in [-0.15, -0.1) is 11.3 Å². The van der Waals surface area contributed by atoms with Gasteiger partial charge in [-0.25, -0.2) is 0 Å². The van der Waals surface area contributed by atoms with Gasteiger partial charge in [-0.3, -0.25) is 4.79 Å². The van der Waals surface area contributed by atoms with Crippen LogP contribution in [0, 0.1) is 11.8 Å². The van der Waals surface area contributed by atoms with E-state index in [0.717, 1.165) is 16.2 Å². The minimum atomic E-state index is 0.0759. The molecule has 0 amide bonds. The Hall–Kier alpha value is -0.760. The number of aliphatic hydroxyl groups is 1. The van der Waals surface area contributed by atoms with Crippen LogP contribution in [0.25, 0.3) is 0 Å². The highest BCUT2D eigenvalue weighted by molar-refractivity contribution is 8.13. The summed E-state index contributed by atoms with van der Waals surface area (Å²) in [6, 6.07) is 1.88. The normalized spacial score (nSPS) is 9.47. The smallest absolute Gasteiger partial charge is 0.185 e. The molecule has 4 heteroatoms. The van der Waals surface area contributed by atoms with Gasteiger partial charge >= 0.3 is 0 Å². The molecule has 1 N–H and O–H groups in total. The van der Waals surface area contributed by atoms with Gasteiger partial charge in [0.2, 0.25) is 0 Å². The third-order valence-corrected chi connectivity index (χ3v) is 3.31. The monoisotopic (exact) mass is 240 g/mol. The molecule has 1 aromatic heterocycles. The lowest BCUT2D eigenvalue weighted by Crippen LogP contribution is -1.83. The Kier molecular flexibility index (Phi) is 5.48. The average molecular weight is 240 g/mol. The fourth-order valence-corrected chi connectivity index (χ4v) is 2.11. The summed E-state index contributed by atoms with van der Waals surface area (Å²) in [5.74, 6) is 6.74. The molecular formula is C11H12O2S2. The van der Waals surface area contributed by atoms with E-state index in [2.05, 4.69) is 11.8 Å². The van der Waals surface area contributed by atoms with Crippen molar-refractivity contribution in [1.29, 1.82) is 0 Å². The molecule has 1 aromatic rings. The second kappa shape index (κ2) is 6.67. The van der Waals surface area contributed by atoms with Gasteiger partial charge in [-0.2, -0.15) is 0 Å². The number of thiophene rings is 1. The predicted molar refractivity (Wildman–Crippen MR) is 64.9 cm³/mol. The molecule has 1 heterocycles. The van der Waals surface area contributed by atoms with Gasteiger partial charge in [0.25, 0.3) is 0 Å². The second-order valence-corrected chi connectivity index (χ2v) is 5.12. The molecule has 15 heavy (non-hydrogen) atoms. The summed E-state index contributed by atoms with van der Waals surface area (Å²) in [4.78, 5) is 11.5. The van der Waals surface area contributed by atoms with Gasteiger partial charge < -0.3 is 5.11 Å². The van der Waals surface area contributed by atoms with E-state index in [4.69, 9.17) is 5.11 Å². The largest absolute Gasteiger partial charge is 0.391 e. The first-order valence-electron chi connectivity index (χ1n) is 4.53. The predicted octanol–water partition coefficient (Wildman–Crippen LogP) is 2.26. The van der Waals surface area contributed by atoms with Crippen LogP contribution in [0.15, 0.2) is 11.4 Å². The van der Waals surface area contributed by atoms with Crippen molar-refractivity contribution in [2.24, 2.45) is 0 Å². The summed E-state index contributed by atoms with van der Waals surface area (Å²) in [5.41, 5.74) is 0.942. The lowest BCUT2D eigenvalue weighted by molar-refractivity contribution is -0.109. The van der Waals surface area contributed by atoms with Gasteiger partial charge in [0.15, 0.2) is 5.12 Å². The van der Waals surface area contributed by atoms with E-state index in [1.165, 1.54) is 23.1 Å². The highest BCUT2D eigenvalue weighted by atomic mass is 32.2. The van der Waals surface area contributed by atoms with Crippen LogP contribution in [0.3, 0.4) is 0 Å². The average Bonchev–Trinajstić information content (AvgIpc) is 2.65. The van der Waals surface area contributed by atoms with Gasteiger partial charge in [0.05, 0.1) is 6.61 Å². The van der Waals surface area contributed by atoms with E-state index in [-0.39, 0.29) is 11.7 Å². The highest BCUT2D eigenvalue weighted by Crippen LogP contribution is 2.13. The molecule has 2 nitrogen and oxygen atoms in total. The Bertz CT molecular complexity index is 385. The number of carbonyl (C=O) groups excluding carboxylic acids is 1. The summed E-state index contributed by atoms with van der Waals surface area (Å²) >= 11 is 2.80. The summed E-state index contributed by atoms with van der Waals surface area (Å²) in [6.45, 7) is 1.64. The maximum Gasteiger partial charge on any atom is 0.185 e. The van der Waals surface area contributed by atoms with Crippen molar-refractivity contribution in [3.63, 3.8) is 0 Å². The van der Waals surface area contributed by atoms with Crippen LogP contribution in [0.4, 0.5) is 0 Å². The first-order chi connectivity index (χ1) is 7.22. The van der Waals surface area contributed by atoms with Crippen LogP contribution in [0.2, 0.25) is 0 Å². The van der Waals surface area contributed by atoms with E-state index in [9.17, 15) is 4.79 Å². The third kappa shape index (κ3) is 5.03. The zero-order valence-electron chi connectivity index (χ0n) is 8.45. The Morgan fingerprint density at radius 1 is 1.67 bits per heavy atom. The minimum absolute atomic E-state index is 0.0759. The summed E-state index contributed by atoms with van der Waals surface area (Å²) in [5, 5.41) is 10.9. The maximum atomic E-state index is 10.6. The van der Waals surface area contributed by atoms with Gasteiger partial charge in [0, 0.05) is 34.9 Å². The topological polar surface area (TPSA) is 37.3 Å². The van der Waals surface area contributed by atoms with Crippen molar-refractivity contribution < 1.29 is 9.90 Å². The zero-order chi connectivity index (χ0) is 11.1. The first-order valence-corrected chi connectivity index (χ1v) is 6.39. The molecule has 0 aliphatic heterocycles. The standard InChI is InChI=1S/C11H12O2S2/c1-9(13)14-5-3-2-4-10-6-11(7-12)15-8-10/h6,8,12H,3,5,7H2,1H3. The van der Waals surface area contributed by atoms with Crippen molar-refractivity contribution >= 4 is 28.2 Å². The fourth-order valence-electron chi connectivity index (χ4n) is 0.939. The lowest BCUT2D eigenvalue weighted by Gasteiger charge is -1.88. The van der Waals surface area contributed by atoms with E-state index in [0.29, 0.717) is 6.42 Å². The maximum absolute atomic E-state index is 10.6. The number of hydrogen-bond donors (Lipinski definition) is 1. The Morgan fingerprint density at radius 3 is 3.07 bits per heavy atom. The zero-order valence-corrected chi connectivity index (χ0v) is 10.1. The molecule has 0 saturated carbocycles. The van der Waals surface area contributed by atoms with Gasteiger partial charge in [-0.1, -0.05) is 23.6 Å². The van der Waals surface area contributed by atoms with Crippen molar-refractivity contribution in [2.45, 2.75) is 20.0 Å². The van der Waals surface area contributed by atoms with Crippen molar-refractivity contribution in [3.8, 4) is 11.8 Å². The second-order valence-electron chi connectivity index (χ2n) is 2.85. The van der Waals surface area contributed by atoms with Crippen LogP contribution in [0.5, 0.6) is 0 Å². The number of carbonyl (C=O) groups is 1. The molecule has 0 fully saturated rings.